The quantitative estimate of drug-likeness (QED) is 0.723. The number of hydrogen-bond acceptors (Lipinski definition) is 2. The van der Waals surface area contributed by atoms with Crippen LogP contribution in [0.2, 0.25) is 10.0 Å². The number of benzene rings is 2. The highest BCUT2D eigenvalue weighted by Crippen LogP contribution is 2.22. The van der Waals surface area contributed by atoms with E-state index in [1.165, 1.54) is 0 Å². The molecule has 1 atom stereocenters. The summed E-state index contributed by atoms with van der Waals surface area (Å²) < 4.78 is 0. The van der Waals surface area contributed by atoms with Crippen LogP contribution >= 0.6 is 23.2 Å². The standard InChI is InChI=1S/C17H15Cl2N3O/c1-9-3-6-14-15(7-9)22-16(21-14)10(2)20-17(23)12-5-4-11(18)8-13(12)19/h3-8,10H,1-2H3,(H,20,23)(H,21,22). The van der Waals surface area contributed by atoms with Crippen LogP contribution in [0.1, 0.15) is 34.7 Å². The molecule has 1 heterocycles. The fraction of sp³-hybridized carbons (Fsp3) is 0.176. The number of carbonyl (C=O) groups excluding carboxylic acids is 1. The minimum absolute atomic E-state index is 0.268. The first kappa shape index (κ1) is 15.8. The molecule has 118 valence electrons. The van der Waals surface area contributed by atoms with Crippen molar-refractivity contribution in [3.63, 3.8) is 0 Å². The summed E-state index contributed by atoms with van der Waals surface area (Å²) in [5.41, 5.74) is 3.36. The van der Waals surface area contributed by atoms with Crippen LogP contribution in [0.5, 0.6) is 0 Å². The van der Waals surface area contributed by atoms with Crippen LogP contribution in [0.15, 0.2) is 36.4 Å². The van der Waals surface area contributed by atoms with Crippen LogP contribution in [0.25, 0.3) is 11.0 Å². The maximum Gasteiger partial charge on any atom is 0.253 e. The molecule has 1 aromatic heterocycles. The molecule has 0 fully saturated rings. The van der Waals surface area contributed by atoms with Gasteiger partial charge in [0.15, 0.2) is 0 Å². The first-order chi connectivity index (χ1) is 10.9. The molecule has 0 aliphatic rings. The molecule has 0 spiro atoms. The van der Waals surface area contributed by atoms with Crippen molar-refractivity contribution in [1.29, 1.82) is 0 Å². The molecular weight excluding hydrogens is 333 g/mol. The van der Waals surface area contributed by atoms with Gasteiger partial charge < -0.3 is 10.3 Å². The van der Waals surface area contributed by atoms with Crippen molar-refractivity contribution in [1.82, 2.24) is 15.3 Å². The number of hydrogen-bond donors (Lipinski definition) is 2. The number of aromatic nitrogens is 2. The number of aryl methyl sites for hydroxylation is 1. The molecule has 2 N–H and O–H groups in total. The zero-order chi connectivity index (χ0) is 16.6. The number of rotatable bonds is 3. The molecule has 0 aliphatic heterocycles. The second-order valence-corrected chi connectivity index (χ2v) is 6.31. The van der Waals surface area contributed by atoms with E-state index in [9.17, 15) is 4.79 Å². The summed E-state index contributed by atoms with van der Waals surface area (Å²) in [6.45, 7) is 3.89. The molecular formula is C17H15Cl2N3O. The van der Waals surface area contributed by atoms with Crippen LogP contribution in [0.3, 0.4) is 0 Å². The molecule has 4 nitrogen and oxygen atoms in total. The van der Waals surface area contributed by atoms with Crippen molar-refractivity contribution in [3.8, 4) is 0 Å². The maximum absolute atomic E-state index is 12.3. The van der Waals surface area contributed by atoms with E-state index in [1.54, 1.807) is 18.2 Å². The van der Waals surface area contributed by atoms with E-state index in [4.69, 9.17) is 23.2 Å². The van der Waals surface area contributed by atoms with Gasteiger partial charge in [0.25, 0.3) is 5.91 Å². The van der Waals surface area contributed by atoms with Crippen LogP contribution < -0.4 is 5.32 Å². The van der Waals surface area contributed by atoms with Gasteiger partial charge in [-0.15, -0.1) is 0 Å². The van der Waals surface area contributed by atoms with Gasteiger partial charge >= 0.3 is 0 Å². The Hall–Kier alpha value is -2.04. The number of nitrogens with zero attached hydrogens (tertiary/aromatic N) is 1. The first-order valence-corrected chi connectivity index (χ1v) is 7.92. The molecule has 0 saturated heterocycles. The molecule has 3 aromatic rings. The van der Waals surface area contributed by atoms with Crippen molar-refractivity contribution in [3.05, 3.63) is 63.4 Å². The number of fused-ring (bicyclic) bond motifs is 1. The van der Waals surface area contributed by atoms with Crippen molar-refractivity contribution in [2.24, 2.45) is 0 Å². The summed E-state index contributed by atoms with van der Waals surface area (Å²) in [7, 11) is 0. The third-order valence-corrected chi connectivity index (χ3v) is 4.14. The normalized spacial score (nSPS) is 12.3. The van der Waals surface area contributed by atoms with Gasteiger partial charge in [-0.1, -0.05) is 29.3 Å². The molecule has 3 rings (SSSR count). The summed E-state index contributed by atoms with van der Waals surface area (Å²) >= 11 is 11.9. The fourth-order valence-electron chi connectivity index (χ4n) is 2.36. The van der Waals surface area contributed by atoms with E-state index >= 15 is 0 Å². The van der Waals surface area contributed by atoms with Crippen molar-refractivity contribution < 1.29 is 4.79 Å². The average Bonchev–Trinajstić information content (AvgIpc) is 2.90. The summed E-state index contributed by atoms with van der Waals surface area (Å²) in [6.07, 6.45) is 0. The van der Waals surface area contributed by atoms with E-state index in [2.05, 4.69) is 15.3 Å². The van der Waals surface area contributed by atoms with Gasteiger partial charge in [0.05, 0.1) is 27.7 Å². The second kappa shape index (κ2) is 6.22. The monoisotopic (exact) mass is 347 g/mol. The van der Waals surface area contributed by atoms with E-state index in [-0.39, 0.29) is 11.9 Å². The minimum Gasteiger partial charge on any atom is -0.342 e. The number of H-pyrrole nitrogens is 1. The highest BCUT2D eigenvalue weighted by Gasteiger charge is 2.17. The minimum atomic E-state index is -0.276. The molecule has 0 radical (unpaired) electrons. The molecule has 2 aromatic carbocycles. The first-order valence-electron chi connectivity index (χ1n) is 7.16. The predicted molar refractivity (Wildman–Crippen MR) is 93.2 cm³/mol. The summed E-state index contributed by atoms with van der Waals surface area (Å²) in [5.74, 6) is 0.430. The van der Waals surface area contributed by atoms with Crippen molar-refractivity contribution in [2.45, 2.75) is 19.9 Å². The zero-order valence-corrected chi connectivity index (χ0v) is 14.2. The summed E-state index contributed by atoms with van der Waals surface area (Å²) in [5, 5.41) is 3.70. The SMILES string of the molecule is Cc1ccc2nc(C(C)NC(=O)c3ccc(Cl)cc3Cl)[nH]c2c1. The lowest BCUT2D eigenvalue weighted by Gasteiger charge is -2.12. The topological polar surface area (TPSA) is 57.8 Å². The Morgan fingerprint density at radius 2 is 2.00 bits per heavy atom. The molecule has 23 heavy (non-hydrogen) atoms. The molecule has 1 amide bonds. The summed E-state index contributed by atoms with van der Waals surface area (Å²) in [6, 6.07) is 10.5. The van der Waals surface area contributed by atoms with Crippen LogP contribution in [0, 0.1) is 6.92 Å². The number of amides is 1. The summed E-state index contributed by atoms with van der Waals surface area (Å²) in [4.78, 5) is 20.1. The third-order valence-electron chi connectivity index (χ3n) is 3.59. The Morgan fingerprint density at radius 1 is 1.22 bits per heavy atom. The van der Waals surface area contributed by atoms with Crippen LogP contribution in [0.4, 0.5) is 0 Å². The van der Waals surface area contributed by atoms with Gasteiger partial charge in [0, 0.05) is 5.02 Å². The molecule has 0 bridgehead atoms. The fourth-order valence-corrected chi connectivity index (χ4v) is 2.86. The lowest BCUT2D eigenvalue weighted by molar-refractivity contribution is 0.0938. The Morgan fingerprint density at radius 3 is 2.74 bits per heavy atom. The number of carbonyl (C=O) groups is 1. The number of nitrogens with one attached hydrogen (secondary N) is 2. The van der Waals surface area contributed by atoms with Gasteiger partial charge in [-0.3, -0.25) is 4.79 Å². The third kappa shape index (κ3) is 3.33. The molecule has 6 heteroatoms. The molecule has 0 saturated carbocycles. The van der Waals surface area contributed by atoms with Gasteiger partial charge in [-0.2, -0.15) is 0 Å². The van der Waals surface area contributed by atoms with Gasteiger partial charge in [-0.05, 0) is 49.7 Å². The number of imidazole rings is 1. The van der Waals surface area contributed by atoms with E-state index in [0.717, 1.165) is 16.6 Å². The predicted octanol–water partition coefficient (Wildman–Crippen LogP) is 4.67. The second-order valence-electron chi connectivity index (χ2n) is 5.46. The van der Waals surface area contributed by atoms with Crippen LogP contribution in [-0.2, 0) is 0 Å². The highest BCUT2D eigenvalue weighted by atomic mass is 35.5. The average molecular weight is 348 g/mol. The smallest absolute Gasteiger partial charge is 0.253 e. The zero-order valence-electron chi connectivity index (χ0n) is 12.7. The maximum atomic E-state index is 12.3. The van der Waals surface area contributed by atoms with E-state index in [0.29, 0.717) is 21.4 Å². The molecule has 0 aliphatic carbocycles. The van der Waals surface area contributed by atoms with Crippen LogP contribution in [-0.4, -0.2) is 15.9 Å². The van der Waals surface area contributed by atoms with Gasteiger partial charge in [0.1, 0.15) is 5.82 Å². The van der Waals surface area contributed by atoms with E-state index in [1.807, 2.05) is 32.0 Å². The Kier molecular flexibility index (Phi) is 4.28. The van der Waals surface area contributed by atoms with Crippen molar-refractivity contribution in [2.75, 3.05) is 0 Å². The van der Waals surface area contributed by atoms with Crippen molar-refractivity contribution >= 4 is 40.1 Å². The molecule has 1 unspecified atom stereocenters. The largest absolute Gasteiger partial charge is 0.342 e. The Labute approximate surface area is 143 Å². The van der Waals surface area contributed by atoms with Gasteiger partial charge in [-0.25, -0.2) is 4.98 Å². The van der Waals surface area contributed by atoms with E-state index < -0.39 is 0 Å². The lowest BCUT2D eigenvalue weighted by atomic mass is 10.2. The number of halogens is 2. The lowest BCUT2D eigenvalue weighted by Crippen LogP contribution is -2.27. The van der Waals surface area contributed by atoms with Gasteiger partial charge in [0.2, 0.25) is 0 Å². The highest BCUT2D eigenvalue weighted by molar-refractivity contribution is 6.36. The number of aromatic amines is 1. The Balaban J connectivity index is 1.82. The Bertz CT molecular complexity index is 889.